The molecule has 8 rings (SSSR count). The van der Waals surface area contributed by atoms with Crippen molar-refractivity contribution in [1.29, 1.82) is 0 Å². The van der Waals surface area contributed by atoms with Gasteiger partial charge in [0, 0.05) is 42.7 Å². The molecule has 57 heavy (non-hydrogen) atoms. The van der Waals surface area contributed by atoms with Crippen LogP contribution in [0.3, 0.4) is 0 Å². The van der Waals surface area contributed by atoms with Crippen LogP contribution < -0.4 is 14.8 Å². The fourth-order valence-electron chi connectivity index (χ4n) is 8.47. The van der Waals surface area contributed by atoms with E-state index < -0.39 is 93.5 Å². The standard InChI is InChI=1S/C41H44F2N6O7S/c1-24-21-45-33(22-44-24)36(51)46-32-13-3-2-8-16-41(42,43)19-25-18-40(25,39(53)48-57(54,55)27-14-15-27)20-35(50)34-17-26(23-49(34)38(32)52)56-37-30-11-5-4-9-28(30)29-10-6-7-12-31(29)47-37/h4-7,9-12,21-22,25-27,32,34H,2-3,8,13-20,23H2,1H3,(H,46,51)(H,48,53)/t25-,26+,32-,34-,40+/m0/s1. The smallest absolute Gasteiger partial charge is 0.272 e. The van der Waals surface area contributed by atoms with E-state index in [1.54, 1.807) is 6.92 Å². The van der Waals surface area contributed by atoms with Crippen LogP contribution in [-0.2, 0) is 24.4 Å². The van der Waals surface area contributed by atoms with E-state index in [-0.39, 0.29) is 37.9 Å². The van der Waals surface area contributed by atoms with Crippen molar-refractivity contribution in [3.63, 3.8) is 0 Å². The number of para-hydroxylation sites is 1. The van der Waals surface area contributed by atoms with Crippen LogP contribution in [0.1, 0.15) is 86.8 Å². The fraction of sp³-hybridized carbons (Fsp3) is 0.488. The highest BCUT2D eigenvalue weighted by Crippen LogP contribution is 2.60. The van der Waals surface area contributed by atoms with E-state index in [2.05, 4.69) is 20.0 Å². The maximum atomic E-state index is 15.5. The van der Waals surface area contributed by atoms with Gasteiger partial charge in [0.15, 0.2) is 5.78 Å². The molecule has 5 atom stereocenters. The van der Waals surface area contributed by atoms with Gasteiger partial charge in [0.25, 0.3) is 5.91 Å². The first-order chi connectivity index (χ1) is 27.2. The van der Waals surface area contributed by atoms with E-state index >= 15 is 8.78 Å². The number of ketones is 1. The monoisotopic (exact) mass is 802 g/mol. The zero-order valence-corrected chi connectivity index (χ0v) is 32.3. The SMILES string of the molecule is Cc1cnc(C(=O)N[C@H]2CCCCCC(F)(F)C[C@@H]3C[C@@]3(C(=O)NS(=O)(=O)C3CC3)CC(=O)[C@@H]3C[C@@H](Oc4nc5ccccc5c5ccccc45)CN3C2=O)cn1. The first-order valence-corrected chi connectivity index (χ1v) is 21.1. The number of aryl methyl sites for hydroxylation is 1. The number of Topliss-reactive ketones (excluding diaryl/α,β-unsaturated/α-hetero) is 1. The van der Waals surface area contributed by atoms with Gasteiger partial charge in [-0.1, -0.05) is 49.2 Å². The molecule has 300 valence electrons. The Labute approximate surface area is 328 Å². The first kappa shape index (κ1) is 38.7. The molecule has 2 saturated carbocycles. The van der Waals surface area contributed by atoms with Crippen molar-refractivity contribution < 1.29 is 41.1 Å². The zero-order chi connectivity index (χ0) is 40.1. The second-order valence-electron chi connectivity index (χ2n) is 16.1. The Morgan fingerprint density at radius 3 is 2.39 bits per heavy atom. The Hall–Kier alpha value is -5.12. The number of alkyl halides is 2. The van der Waals surface area contributed by atoms with Gasteiger partial charge >= 0.3 is 0 Å². The number of fused-ring (bicyclic) bond motifs is 5. The van der Waals surface area contributed by atoms with E-state index in [1.807, 2.05) is 48.5 Å². The molecule has 2 aromatic carbocycles. The van der Waals surface area contributed by atoms with Gasteiger partial charge in [0.2, 0.25) is 33.6 Å². The highest BCUT2D eigenvalue weighted by Gasteiger charge is 2.64. The van der Waals surface area contributed by atoms with Crippen LogP contribution >= 0.6 is 0 Å². The highest BCUT2D eigenvalue weighted by molar-refractivity contribution is 7.90. The van der Waals surface area contributed by atoms with Crippen LogP contribution in [-0.4, -0.2) is 87.7 Å². The number of pyridine rings is 1. The minimum Gasteiger partial charge on any atom is -0.472 e. The summed E-state index contributed by atoms with van der Waals surface area (Å²) in [6, 6.07) is 12.8. The number of hydrogen-bond donors (Lipinski definition) is 2. The number of ether oxygens (including phenoxy) is 1. The minimum atomic E-state index is -4.05. The average molecular weight is 803 g/mol. The van der Waals surface area contributed by atoms with Crippen LogP contribution in [0, 0.1) is 18.3 Å². The Balaban J connectivity index is 1.14. The van der Waals surface area contributed by atoms with Gasteiger partial charge in [-0.25, -0.2) is 27.2 Å². The fourth-order valence-corrected chi connectivity index (χ4v) is 9.85. The number of nitrogens with one attached hydrogen (secondary N) is 2. The summed E-state index contributed by atoms with van der Waals surface area (Å²) in [5.41, 5.74) is -0.452. The van der Waals surface area contributed by atoms with Gasteiger partial charge in [-0.3, -0.25) is 28.9 Å². The average Bonchev–Trinajstić information content (AvgIpc) is 4.11. The molecule has 2 N–H and O–H groups in total. The maximum absolute atomic E-state index is 15.5. The topological polar surface area (TPSA) is 178 Å². The third-order valence-corrected chi connectivity index (χ3v) is 13.7. The molecule has 0 spiro atoms. The Morgan fingerprint density at radius 1 is 0.912 bits per heavy atom. The molecule has 4 heterocycles. The van der Waals surface area contributed by atoms with Crippen molar-refractivity contribution in [2.45, 2.75) is 107 Å². The summed E-state index contributed by atoms with van der Waals surface area (Å²) in [5.74, 6) is -6.61. The lowest BCUT2D eigenvalue weighted by atomic mass is 9.89. The van der Waals surface area contributed by atoms with Crippen molar-refractivity contribution in [3.8, 4) is 5.88 Å². The third kappa shape index (κ3) is 8.05. The Kier molecular flexibility index (Phi) is 10.2. The van der Waals surface area contributed by atoms with Crippen LogP contribution in [0.5, 0.6) is 5.88 Å². The second-order valence-corrected chi connectivity index (χ2v) is 18.0. The van der Waals surface area contributed by atoms with Crippen molar-refractivity contribution in [3.05, 3.63) is 72.3 Å². The predicted octanol–water partition coefficient (Wildman–Crippen LogP) is 5.20. The summed E-state index contributed by atoms with van der Waals surface area (Å²) >= 11 is 0. The number of aromatic nitrogens is 3. The normalized spacial score (nSPS) is 26.8. The quantitative estimate of drug-likeness (QED) is 0.236. The zero-order valence-electron chi connectivity index (χ0n) is 31.5. The highest BCUT2D eigenvalue weighted by atomic mass is 32.2. The third-order valence-electron chi connectivity index (χ3n) is 11.8. The molecule has 16 heteroatoms. The minimum absolute atomic E-state index is 0.0175. The number of carbonyl (C=O) groups is 4. The molecule has 2 saturated heterocycles. The van der Waals surface area contributed by atoms with Crippen molar-refractivity contribution in [2.24, 2.45) is 11.3 Å². The number of halogens is 2. The summed E-state index contributed by atoms with van der Waals surface area (Å²) in [7, 11) is -4.05. The number of hydrogen-bond acceptors (Lipinski definition) is 10. The first-order valence-electron chi connectivity index (χ1n) is 19.5. The molecule has 3 amide bonds. The van der Waals surface area contributed by atoms with E-state index in [9.17, 15) is 27.6 Å². The van der Waals surface area contributed by atoms with Gasteiger partial charge in [-0.15, -0.1) is 0 Å². The number of rotatable bonds is 7. The number of benzene rings is 2. The van der Waals surface area contributed by atoms with Crippen molar-refractivity contribution in [1.82, 2.24) is 29.9 Å². The number of amides is 3. The van der Waals surface area contributed by atoms with Crippen LogP contribution in [0.2, 0.25) is 0 Å². The largest absolute Gasteiger partial charge is 0.472 e. The molecule has 13 nitrogen and oxygen atoms in total. The van der Waals surface area contributed by atoms with Crippen molar-refractivity contribution >= 4 is 55.2 Å². The molecule has 0 bridgehead atoms. The van der Waals surface area contributed by atoms with Gasteiger partial charge in [0.1, 0.15) is 17.8 Å². The molecule has 4 aromatic rings. The molecule has 4 fully saturated rings. The molecule has 2 aliphatic heterocycles. The summed E-state index contributed by atoms with van der Waals surface area (Å²) in [6.07, 6.45) is 1.75. The molecular weight excluding hydrogens is 759 g/mol. The maximum Gasteiger partial charge on any atom is 0.272 e. The molecular formula is C41H44F2N6O7S. The van der Waals surface area contributed by atoms with Gasteiger partial charge < -0.3 is 15.0 Å². The summed E-state index contributed by atoms with van der Waals surface area (Å²) in [4.78, 5) is 70.9. The second kappa shape index (κ2) is 15.0. The lowest BCUT2D eigenvalue weighted by molar-refractivity contribution is -0.140. The summed E-state index contributed by atoms with van der Waals surface area (Å²) in [5, 5.41) is 4.54. The summed E-state index contributed by atoms with van der Waals surface area (Å²) < 4.78 is 65.4. The molecule has 2 aromatic heterocycles. The molecule has 0 unspecified atom stereocenters. The van der Waals surface area contributed by atoms with Crippen molar-refractivity contribution in [2.75, 3.05) is 6.54 Å². The summed E-state index contributed by atoms with van der Waals surface area (Å²) in [6.45, 7) is 1.63. The van der Waals surface area contributed by atoms with E-state index in [1.165, 1.54) is 17.3 Å². The van der Waals surface area contributed by atoms with Crippen LogP contribution in [0.15, 0.2) is 60.9 Å². The van der Waals surface area contributed by atoms with Gasteiger partial charge in [0.05, 0.1) is 40.7 Å². The lowest BCUT2D eigenvalue weighted by Crippen LogP contribution is -2.52. The van der Waals surface area contributed by atoms with E-state index in [0.717, 1.165) is 16.2 Å². The molecule has 0 radical (unpaired) electrons. The predicted molar refractivity (Wildman–Crippen MR) is 205 cm³/mol. The number of sulfonamides is 1. The molecule has 2 aliphatic carbocycles. The van der Waals surface area contributed by atoms with Gasteiger partial charge in [-0.2, -0.15) is 0 Å². The Bertz CT molecular complexity index is 2360. The van der Waals surface area contributed by atoms with Gasteiger partial charge in [-0.05, 0) is 62.5 Å². The number of nitrogens with zero attached hydrogens (tertiary/aromatic N) is 4. The lowest BCUT2D eigenvalue weighted by Gasteiger charge is -2.29. The van der Waals surface area contributed by atoms with Crippen LogP contribution in [0.25, 0.3) is 21.7 Å². The van der Waals surface area contributed by atoms with E-state index in [0.29, 0.717) is 42.8 Å². The number of carbonyl (C=O) groups excluding carboxylic acids is 4. The molecule has 4 aliphatic rings. The van der Waals surface area contributed by atoms with Crippen LogP contribution in [0.4, 0.5) is 8.78 Å². The Morgan fingerprint density at radius 2 is 1.65 bits per heavy atom. The van der Waals surface area contributed by atoms with E-state index in [4.69, 9.17) is 9.72 Å².